The molecule has 0 radical (unpaired) electrons. The number of anilines is 2. The Balaban J connectivity index is 1.81. The van der Waals surface area contributed by atoms with Gasteiger partial charge in [-0.25, -0.2) is 9.97 Å². The zero-order chi connectivity index (χ0) is 18.3. The van der Waals surface area contributed by atoms with Crippen LogP contribution in [0.1, 0.15) is 18.2 Å². The van der Waals surface area contributed by atoms with E-state index in [1.54, 1.807) is 6.07 Å². The highest BCUT2D eigenvalue weighted by Gasteiger charge is 2.11. The Hall–Kier alpha value is -3.28. The number of benzene rings is 2. The van der Waals surface area contributed by atoms with E-state index in [9.17, 15) is 4.79 Å². The van der Waals surface area contributed by atoms with Gasteiger partial charge < -0.3 is 4.57 Å². The standard InChI is InChI=1S/C20H19N5O/c1-4-13-9-10-16-15(11-13)12(2)21-19(22-16)24-20-23-18(26)14-7-5-6-8-17(14)25(20)3/h5-11H,4H2,1-3H3,(H,21,22,23,24,26). The zero-order valence-corrected chi connectivity index (χ0v) is 14.9. The number of aromatic nitrogens is 4. The molecule has 0 unspecified atom stereocenters. The molecule has 0 aliphatic heterocycles. The van der Waals surface area contributed by atoms with E-state index in [-0.39, 0.29) is 5.56 Å². The fourth-order valence-corrected chi connectivity index (χ4v) is 3.11. The first-order valence-corrected chi connectivity index (χ1v) is 8.57. The van der Waals surface area contributed by atoms with Gasteiger partial charge in [0.05, 0.1) is 22.1 Å². The Kier molecular flexibility index (Phi) is 3.88. The van der Waals surface area contributed by atoms with E-state index in [2.05, 4.69) is 39.3 Å². The minimum absolute atomic E-state index is 0.272. The van der Waals surface area contributed by atoms with Gasteiger partial charge in [-0.2, -0.15) is 4.98 Å². The summed E-state index contributed by atoms with van der Waals surface area (Å²) in [6, 6.07) is 13.6. The molecule has 0 bridgehead atoms. The Morgan fingerprint density at radius 3 is 2.65 bits per heavy atom. The summed E-state index contributed by atoms with van der Waals surface area (Å²) in [5.74, 6) is 0.842. The third-order valence-corrected chi connectivity index (χ3v) is 4.60. The molecule has 0 spiro atoms. The van der Waals surface area contributed by atoms with Crippen LogP contribution in [0.4, 0.5) is 11.9 Å². The lowest BCUT2D eigenvalue weighted by molar-refractivity contribution is 0.908. The molecule has 0 amide bonds. The van der Waals surface area contributed by atoms with Crippen molar-refractivity contribution in [3.8, 4) is 0 Å². The number of aryl methyl sites for hydroxylation is 3. The summed E-state index contributed by atoms with van der Waals surface area (Å²) in [6.45, 7) is 4.08. The molecule has 0 aliphatic carbocycles. The van der Waals surface area contributed by atoms with Gasteiger partial charge in [0.15, 0.2) is 0 Å². The summed E-state index contributed by atoms with van der Waals surface area (Å²) < 4.78 is 1.83. The van der Waals surface area contributed by atoms with Crippen molar-refractivity contribution in [1.82, 2.24) is 19.5 Å². The van der Waals surface area contributed by atoms with Crippen LogP contribution in [0.15, 0.2) is 47.3 Å². The lowest BCUT2D eigenvalue weighted by Crippen LogP contribution is -2.16. The molecule has 2 aromatic carbocycles. The van der Waals surface area contributed by atoms with Gasteiger partial charge in [-0.05, 0) is 43.2 Å². The number of para-hydroxylation sites is 1. The molecule has 0 atom stereocenters. The molecule has 2 aromatic heterocycles. The first kappa shape index (κ1) is 16.2. The molecule has 0 aliphatic rings. The molecule has 26 heavy (non-hydrogen) atoms. The summed E-state index contributed by atoms with van der Waals surface area (Å²) in [5.41, 5.74) is 3.54. The molecule has 0 saturated heterocycles. The molecule has 2 heterocycles. The molecule has 0 saturated carbocycles. The number of fused-ring (bicyclic) bond motifs is 2. The van der Waals surface area contributed by atoms with E-state index in [1.165, 1.54) is 5.56 Å². The molecule has 6 heteroatoms. The molecule has 130 valence electrons. The molecular formula is C20H19N5O. The number of hydrogen-bond donors (Lipinski definition) is 1. The smallest absolute Gasteiger partial charge is 0.282 e. The van der Waals surface area contributed by atoms with Crippen LogP contribution < -0.4 is 10.9 Å². The van der Waals surface area contributed by atoms with E-state index < -0.39 is 0 Å². The third-order valence-electron chi connectivity index (χ3n) is 4.60. The van der Waals surface area contributed by atoms with Crippen LogP contribution >= 0.6 is 0 Å². The highest BCUT2D eigenvalue weighted by Crippen LogP contribution is 2.21. The largest absolute Gasteiger partial charge is 0.314 e. The summed E-state index contributed by atoms with van der Waals surface area (Å²) in [6.07, 6.45) is 0.971. The van der Waals surface area contributed by atoms with Crippen LogP contribution in [0.5, 0.6) is 0 Å². The molecule has 4 aromatic rings. The average Bonchev–Trinajstić information content (AvgIpc) is 2.66. The second-order valence-electron chi connectivity index (χ2n) is 6.28. The fraction of sp³-hybridized carbons (Fsp3) is 0.200. The first-order valence-electron chi connectivity index (χ1n) is 8.57. The summed E-state index contributed by atoms with van der Waals surface area (Å²) in [7, 11) is 1.86. The van der Waals surface area contributed by atoms with Crippen molar-refractivity contribution >= 4 is 33.7 Å². The molecule has 1 N–H and O–H groups in total. The van der Waals surface area contributed by atoms with E-state index >= 15 is 0 Å². The van der Waals surface area contributed by atoms with Gasteiger partial charge >= 0.3 is 0 Å². The Bertz CT molecular complexity index is 1200. The predicted octanol–water partition coefficient (Wildman–Crippen LogP) is 3.49. The van der Waals surface area contributed by atoms with Crippen LogP contribution in [0, 0.1) is 6.92 Å². The van der Waals surface area contributed by atoms with Crippen molar-refractivity contribution < 1.29 is 0 Å². The van der Waals surface area contributed by atoms with Crippen molar-refractivity contribution in [2.24, 2.45) is 7.05 Å². The number of hydrogen-bond acceptors (Lipinski definition) is 5. The Labute approximate surface area is 150 Å². The zero-order valence-electron chi connectivity index (χ0n) is 14.9. The van der Waals surface area contributed by atoms with Crippen LogP contribution in [-0.4, -0.2) is 19.5 Å². The average molecular weight is 345 g/mol. The van der Waals surface area contributed by atoms with Crippen molar-refractivity contribution in [2.75, 3.05) is 5.32 Å². The van der Waals surface area contributed by atoms with Crippen LogP contribution in [0.25, 0.3) is 21.8 Å². The second-order valence-corrected chi connectivity index (χ2v) is 6.28. The summed E-state index contributed by atoms with van der Waals surface area (Å²) in [5, 5.41) is 4.72. The van der Waals surface area contributed by atoms with Crippen molar-refractivity contribution in [2.45, 2.75) is 20.3 Å². The van der Waals surface area contributed by atoms with E-state index in [1.807, 2.05) is 42.8 Å². The molecule has 0 fully saturated rings. The maximum absolute atomic E-state index is 12.3. The van der Waals surface area contributed by atoms with E-state index in [0.29, 0.717) is 17.3 Å². The minimum Gasteiger partial charge on any atom is -0.314 e. The van der Waals surface area contributed by atoms with Gasteiger partial charge in [0.25, 0.3) is 5.56 Å². The Morgan fingerprint density at radius 1 is 1.04 bits per heavy atom. The number of nitrogens with one attached hydrogen (secondary N) is 1. The first-order chi connectivity index (χ1) is 12.6. The maximum Gasteiger partial charge on any atom is 0.282 e. The summed E-state index contributed by atoms with van der Waals surface area (Å²) in [4.78, 5) is 25.6. The van der Waals surface area contributed by atoms with Gasteiger partial charge in [0.2, 0.25) is 11.9 Å². The van der Waals surface area contributed by atoms with Gasteiger partial charge in [0, 0.05) is 12.4 Å². The van der Waals surface area contributed by atoms with Crippen LogP contribution in [0.3, 0.4) is 0 Å². The molecule has 6 nitrogen and oxygen atoms in total. The summed E-state index contributed by atoms with van der Waals surface area (Å²) >= 11 is 0. The van der Waals surface area contributed by atoms with E-state index in [0.717, 1.165) is 28.5 Å². The molecule has 4 rings (SSSR count). The quantitative estimate of drug-likeness (QED) is 0.615. The Morgan fingerprint density at radius 2 is 1.85 bits per heavy atom. The normalized spacial score (nSPS) is 11.2. The van der Waals surface area contributed by atoms with Crippen LogP contribution in [-0.2, 0) is 13.5 Å². The van der Waals surface area contributed by atoms with Crippen LogP contribution in [0.2, 0.25) is 0 Å². The van der Waals surface area contributed by atoms with Gasteiger partial charge in [-0.15, -0.1) is 0 Å². The minimum atomic E-state index is -0.272. The van der Waals surface area contributed by atoms with Crippen molar-refractivity contribution in [3.63, 3.8) is 0 Å². The van der Waals surface area contributed by atoms with Crippen molar-refractivity contribution in [3.05, 3.63) is 64.1 Å². The highest BCUT2D eigenvalue weighted by molar-refractivity contribution is 5.83. The third kappa shape index (κ3) is 2.69. The second kappa shape index (κ2) is 6.22. The topological polar surface area (TPSA) is 72.7 Å². The number of nitrogens with zero attached hydrogens (tertiary/aromatic N) is 4. The van der Waals surface area contributed by atoms with E-state index in [4.69, 9.17) is 0 Å². The molecular weight excluding hydrogens is 326 g/mol. The maximum atomic E-state index is 12.3. The van der Waals surface area contributed by atoms with Gasteiger partial charge in [-0.1, -0.05) is 25.1 Å². The number of rotatable bonds is 3. The SMILES string of the molecule is CCc1ccc2nc(Nc3nc(=O)c4ccccc4n3C)nc(C)c2c1. The van der Waals surface area contributed by atoms with Gasteiger partial charge in [0.1, 0.15) is 0 Å². The lowest BCUT2D eigenvalue weighted by atomic mass is 10.1. The lowest BCUT2D eigenvalue weighted by Gasteiger charge is -2.13. The van der Waals surface area contributed by atoms with Gasteiger partial charge in [-0.3, -0.25) is 10.1 Å². The predicted molar refractivity (Wildman–Crippen MR) is 104 cm³/mol. The van der Waals surface area contributed by atoms with Crippen molar-refractivity contribution in [1.29, 1.82) is 0 Å². The fourth-order valence-electron chi connectivity index (χ4n) is 3.11. The monoisotopic (exact) mass is 345 g/mol. The highest BCUT2D eigenvalue weighted by atomic mass is 16.1.